The lowest BCUT2D eigenvalue weighted by molar-refractivity contribution is 0.195. The van der Waals surface area contributed by atoms with Crippen LogP contribution in [0, 0.1) is 0 Å². The second-order valence-corrected chi connectivity index (χ2v) is 5.39. The molecule has 6 heteroatoms. The summed E-state index contributed by atoms with van der Waals surface area (Å²) in [5, 5.41) is 8.69. The van der Waals surface area contributed by atoms with E-state index in [4.69, 9.17) is 4.74 Å². The van der Waals surface area contributed by atoms with Crippen LogP contribution in [0.15, 0.2) is 22.5 Å². The van der Waals surface area contributed by atoms with E-state index in [-0.39, 0.29) is 24.0 Å². The molecule has 0 amide bonds. The van der Waals surface area contributed by atoms with Crippen molar-refractivity contribution in [3.63, 3.8) is 0 Å². The molecule has 1 aromatic rings. The second kappa shape index (κ2) is 12.4. The Bertz CT molecular complexity index is 357. The third-order valence-corrected chi connectivity index (χ3v) is 3.82. The van der Waals surface area contributed by atoms with Gasteiger partial charge in [0.25, 0.3) is 0 Å². The maximum Gasteiger partial charge on any atom is 0.191 e. The molecule has 0 aliphatic carbocycles. The van der Waals surface area contributed by atoms with E-state index in [0.717, 1.165) is 38.6 Å². The van der Waals surface area contributed by atoms with E-state index >= 15 is 0 Å². The number of hydrogen-bond acceptors (Lipinski definition) is 3. The summed E-state index contributed by atoms with van der Waals surface area (Å²) in [6, 6.07) is 4.26. The van der Waals surface area contributed by atoms with Crippen LogP contribution in [0.1, 0.15) is 31.1 Å². The van der Waals surface area contributed by atoms with Gasteiger partial charge in [0.15, 0.2) is 5.96 Å². The summed E-state index contributed by atoms with van der Waals surface area (Å²) < 4.78 is 5.03. The van der Waals surface area contributed by atoms with Crippen LogP contribution in [0.4, 0.5) is 0 Å². The van der Waals surface area contributed by atoms with Crippen molar-refractivity contribution >= 4 is 41.3 Å². The standard InChI is InChI=1S/C14H25N3OS.HI/c1-4-15-14(16-8-6-9-18-3)17-11-12(2)13-7-5-10-19-13;/h5,7,10,12H,4,6,8-9,11H2,1-3H3,(H2,15,16,17);1H. The van der Waals surface area contributed by atoms with Gasteiger partial charge in [-0.2, -0.15) is 0 Å². The molecule has 0 radical (unpaired) electrons. The van der Waals surface area contributed by atoms with Gasteiger partial charge in [-0.15, -0.1) is 35.3 Å². The predicted molar refractivity (Wildman–Crippen MR) is 98.6 cm³/mol. The minimum Gasteiger partial charge on any atom is -0.385 e. The first-order valence-corrected chi connectivity index (χ1v) is 7.70. The Morgan fingerprint density at radius 2 is 2.25 bits per heavy atom. The van der Waals surface area contributed by atoms with Gasteiger partial charge < -0.3 is 15.4 Å². The smallest absolute Gasteiger partial charge is 0.191 e. The van der Waals surface area contributed by atoms with Crippen molar-refractivity contribution in [1.82, 2.24) is 10.6 Å². The maximum atomic E-state index is 5.03. The zero-order chi connectivity index (χ0) is 13.9. The third-order valence-electron chi connectivity index (χ3n) is 2.71. The van der Waals surface area contributed by atoms with Gasteiger partial charge in [0.1, 0.15) is 0 Å². The topological polar surface area (TPSA) is 45.7 Å². The molecule has 2 N–H and O–H groups in total. The van der Waals surface area contributed by atoms with Crippen LogP contribution < -0.4 is 10.6 Å². The molecule has 0 fully saturated rings. The maximum absolute atomic E-state index is 5.03. The molecule has 0 bridgehead atoms. The number of rotatable bonds is 8. The van der Waals surface area contributed by atoms with E-state index in [0.29, 0.717) is 5.92 Å². The highest BCUT2D eigenvalue weighted by Crippen LogP contribution is 2.20. The lowest BCUT2D eigenvalue weighted by Gasteiger charge is -2.12. The molecule has 1 unspecified atom stereocenters. The highest BCUT2D eigenvalue weighted by Gasteiger charge is 2.06. The molecule has 0 saturated heterocycles. The van der Waals surface area contributed by atoms with Gasteiger partial charge in [-0.1, -0.05) is 13.0 Å². The summed E-state index contributed by atoms with van der Waals surface area (Å²) in [4.78, 5) is 6.02. The number of methoxy groups -OCH3 is 1. The normalized spacial score (nSPS) is 12.7. The van der Waals surface area contributed by atoms with Gasteiger partial charge in [-0.25, -0.2) is 0 Å². The van der Waals surface area contributed by atoms with Crippen LogP contribution in [0.5, 0.6) is 0 Å². The zero-order valence-corrected chi connectivity index (χ0v) is 15.7. The quantitative estimate of drug-likeness (QED) is 0.299. The van der Waals surface area contributed by atoms with Crippen LogP contribution in [-0.2, 0) is 4.74 Å². The van der Waals surface area contributed by atoms with Gasteiger partial charge in [0, 0.05) is 37.6 Å². The Hall–Kier alpha value is -0.340. The average Bonchev–Trinajstić information content (AvgIpc) is 2.94. The first kappa shape index (κ1) is 19.7. The molecule has 0 spiro atoms. The SMILES string of the molecule is CCNC(=NCC(C)c1cccs1)NCCCOC.I. The number of guanidine groups is 1. The van der Waals surface area contributed by atoms with Crippen LogP contribution in [0.25, 0.3) is 0 Å². The van der Waals surface area contributed by atoms with Gasteiger partial charge in [-0.05, 0) is 24.8 Å². The lowest BCUT2D eigenvalue weighted by Crippen LogP contribution is -2.38. The molecule has 20 heavy (non-hydrogen) atoms. The minimum absolute atomic E-state index is 0. The number of aliphatic imine (C=N–C) groups is 1. The van der Waals surface area contributed by atoms with E-state index in [9.17, 15) is 0 Å². The number of hydrogen-bond donors (Lipinski definition) is 2. The fourth-order valence-corrected chi connectivity index (χ4v) is 2.43. The molecule has 0 aliphatic heterocycles. The summed E-state index contributed by atoms with van der Waals surface area (Å²) in [5.74, 6) is 1.36. The number of nitrogens with one attached hydrogen (secondary N) is 2. The summed E-state index contributed by atoms with van der Waals surface area (Å²) in [7, 11) is 1.72. The first-order valence-electron chi connectivity index (χ1n) is 6.82. The van der Waals surface area contributed by atoms with Gasteiger partial charge in [-0.3, -0.25) is 4.99 Å². The molecular weight excluding hydrogens is 385 g/mol. The van der Waals surface area contributed by atoms with Crippen molar-refractivity contribution in [2.75, 3.05) is 33.4 Å². The fourth-order valence-electron chi connectivity index (χ4n) is 1.65. The predicted octanol–water partition coefficient (Wildman–Crippen LogP) is 3.06. The Kier molecular flexibility index (Phi) is 12.2. The highest BCUT2D eigenvalue weighted by atomic mass is 127. The van der Waals surface area contributed by atoms with Crippen molar-refractivity contribution < 1.29 is 4.74 Å². The molecule has 1 atom stereocenters. The highest BCUT2D eigenvalue weighted by molar-refractivity contribution is 14.0. The van der Waals surface area contributed by atoms with Gasteiger partial charge >= 0.3 is 0 Å². The molecule has 0 saturated carbocycles. The zero-order valence-electron chi connectivity index (χ0n) is 12.5. The molecule has 1 aromatic heterocycles. The summed E-state index contributed by atoms with van der Waals surface area (Å²) in [6.45, 7) is 7.63. The largest absolute Gasteiger partial charge is 0.385 e. The molecule has 116 valence electrons. The Morgan fingerprint density at radius 3 is 2.85 bits per heavy atom. The molecular formula is C14H26IN3OS. The number of thiophene rings is 1. The summed E-state index contributed by atoms with van der Waals surface area (Å²) in [5.41, 5.74) is 0. The van der Waals surface area contributed by atoms with Crippen LogP contribution >= 0.6 is 35.3 Å². The van der Waals surface area contributed by atoms with Crippen LogP contribution in [-0.4, -0.2) is 39.3 Å². The third kappa shape index (κ3) is 8.06. The molecule has 4 nitrogen and oxygen atoms in total. The Morgan fingerprint density at radius 1 is 1.45 bits per heavy atom. The lowest BCUT2D eigenvalue weighted by atomic mass is 10.1. The van der Waals surface area contributed by atoms with E-state index in [1.807, 2.05) is 0 Å². The number of nitrogens with zero attached hydrogens (tertiary/aromatic N) is 1. The molecule has 0 aromatic carbocycles. The average molecular weight is 411 g/mol. The summed E-state index contributed by atoms with van der Waals surface area (Å²) in [6.07, 6.45) is 0.987. The van der Waals surface area contributed by atoms with Gasteiger partial charge in [0.2, 0.25) is 0 Å². The Labute approximate surface area is 143 Å². The van der Waals surface area contributed by atoms with Crippen molar-refractivity contribution in [1.29, 1.82) is 0 Å². The Balaban J connectivity index is 0.00000361. The van der Waals surface area contributed by atoms with E-state index in [1.165, 1.54) is 4.88 Å². The summed E-state index contributed by atoms with van der Waals surface area (Å²) >= 11 is 1.79. The van der Waals surface area contributed by atoms with E-state index in [1.54, 1.807) is 18.4 Å². The van der Waals surface area contributed by atoms with Crippen molar-refractivity contribution in [2.24, 2.45) is 4.99 Å². The van der Waals surface area contributed by atoms with Crippen LogP contribution in [0.2, 0.25) is 0 Å². The molecule has 0 aliphatic rings. The van der Waals surface area contributed by atoms with Crippen molar-refractivity contribution in [3.8, 4) is 0 Å². The first-order chi connectivity index (χ1) is 9.27. The second-order valence-electron chi connectivity index (χ2n) is 4.41. The van der Waals surface area contributed by atoms with Crippen LogP contribution in [0.3, 0.4) is 0 Å². The number of halogens is 1. The fraction of sp³-hybridized carbons (Fsp3) is 0.643. The van der Waals surface area contributed by atoms with E-state index in [2.05, 4.69) is 47.0 Å². The van der Waals surface area contributed by atoms with E-state index < -0.39 is 0 Å². The molecule has 1 heterocycles. The van der Waals surface area contributed by atoms with Crippen molar-refractivity contribution in [2.45, 2.75) is 26.2 Å². The van der Waals surface area contributed by atoms with Crippen molar-refractivity contribution in [3.05, 3.63) is 22.4 Å². The van der Waals surface area contributed by atoms with Gasteiger partial charge in [0.05, 0.1) is 6.54 Å². The molecule has 1 rings (SSSR count). The minimum atomic E-state index is 0. The monoisotopic (exact) mass is 411 g/mol. The number of ether oxygens (including phenoxy) is 1.